The first-order valence-electron chi connectivity index (χ1n) is 4.87. The summed E-state index contributed by atoms with van der Waals surface area (Å²) in [5.41, 5.74) is 8.44. The van der Waals surface area contributed by atoms with Crippen LogP contribution in [0.1, 0.15) is 26.7 Å². The maximum absolute atomic E-state index is 11.9. The van der Waals surface area contributed by atoms with Gasteiger partial charge in [0.2, 0.25) is 11.8 Å². The van der Waals surface area contributed by atoms with E-state index < -0.39 is 22.8 Å². The van der Waals surface area contributed by atoms with Crippen LogP contribution in [0.4, 0.5) is 0 Å². The van der Waals surface area contributed by atoms with Gasteiger partial charge in [-0.2, -0.15) is 0 Å². The number of amidine groups is 1. The minimum Gasteiger partial charge on any atom is -0.409 e. The van der Waals surface area contributed by atoms with E-state index in [9.17, 15) is 9.59 Å². The van der Waals surface area contributed by atoms with Gasteiger partial charge in [0.1, 0.15) is 11.0 Å². The normalized spacial score (nSPS) is 19.0. The molecule has 0 bridgehead atoms. The molecule has 90 valence electrons. The molecule has 2 amide bonds. The molecule has 0 heterocycles. The number of nitrogens with two attached hydrogens (primary N) is 2. The number of carbonyl (C=O) groups is 2. The molecule has 0 saturated heterocycles. The summed E-state index contributed by atoms with van der Waals surface area (Å²) in [6.07, 6.45) is 1.01. The van der Waals surface area contributed by atoms with Crippen molar-refractivity contribution in [2.45, 2.75) is 32.2 Å². The Hall–Kier alpha value is -1.79. The number of primary amides is 1. The number of rotatable bonds is 4. The highest BCUT2D eigenvalue weighted by Gasteiger charge is 2.55. The van der Waals surface area contributed by atoms with Gasteiger partial charge in [-0.05, 0) is 26.7 Å². The van der Waals surface area contributed by atoms with Crippen molar-refractivity contribution in [2.75, 3.05) is 0 Å². The van der Waals surface area contributed by atoms with Crippen molar-refractivity contribution in [2.24, 2.45) is 22.0 Å². The lowest BCUT2D eigenvalue weighted by atomic mass is 10.00. The summed E-state index contributed by atoms with van der Waals surface area (Å²) in [6, 6.07) is 0. The summed E-state index contributed by atoms with van der Waals surface area (Å²) in [4.78, 5) is 22.9. The lowest BCUT2D eigenvalue weighted by Gasteiger charge is -2.25. The van der Waals surface area contributed by atoms with Gasteiger partial charge >= 0.3 is 0 Å². The lowest BCUT2D eigenvalue weighted by Crippen LogP contribution is -2.56. The highest BCUT2D eigenvalue weighted by atomic mass is 16.4. The molecule has 0 atom stereocenters. The molecule has 6 N–H and O–H groups in total. The molecular formula is C9H16N4O3. The second kappa shape index (κ2) is 3.66. The highest BCUT2D eigenvalue weighted by molar-refractivity contribution is 6.10. The van der Waals surface area contributed by atoms with E-state index in [-0.39, 0.29) is 5.84 Å². The van der Waals surface area contributed by atoms with Crippen LogP contribution in [0.15, 0.2) is 5.16 Å². The summed E-state index contributed by atoms with van der Waals surface area (Å²) >= 11 is 0. The van der Waals surface area contributed by atoms with Crippen LogP contribution in [0, 0.1) is 5.41 Å². The number of amides is 2. The van der Waals surface area contributed by atoms with Gasteiger partial charge in [-0.25, -0.2) is 0 Å². The van der Waals surface area contributed by atoms with Gasteiger partial charge in [-0.15, -0.1) is 0 Å². The molecule has 0 aromatic rings. The Balaban J connectivity index is 2.78. The van der Waals surface area contributed by atoms with Crippen molar-refractivity contribution in [1.29, 1.82) is 0 Å². The van der Waals surface area contributed by atoms with E-state index in [0.717, 1.165) is 0 Å². The Bertz CT molecular complexity index is 358. The molecule has 1 aliphatic rings. The molecule has 0 unspecified atom stereocenters. The minimum atomic E-state index is -1.15. The number of hydrogen-bond donors (Lipinski definition) is 4. The van der Waals surface area contributed by atoms with Crippen LogP contribution in [-0.4, -0.2) is 28.4 Å². The summed E-state index contributed by atoms with van der Waals surface area (Å²) in [6.45, 7) is 2.99. The number of hydrogen-bond acceptors (Lipinski definition) is 4. The number of nitrogens with zero attached hydrogens (tertiary/aromatic N) is 1. The molecule has 0 aromatic carbocycles. The zero-order chi connectivity index (χ0) is 12.6. The van der Waals surface area contributed by atoms with Crippen LogP contribution in [0.5, 0.6) is 0 Å². The zero-order valence-corrected chi connectivity index (χ0v) is 9.28. The Morgan fingerprint density at radius 2 is 1.88 bits per heavy atom. The predicted octanol–water partition coefficient (Wildman–Crippen LogP) is -1.11. The summed E-state index contributed by atoms with van der Waals surface area (Å²) in [7, 11) is 0. The third-order valence-corrected chi connectivity index (χ3v) is 2.82. The molecule has 0 radical (unpaired) electrons. The topological polar surface area (TPSA) is 131 Å². The third kappa shape index (κ3) is 1.93. The molecule has 0 spiro atoms. The van der Waals surface area contributed by atoms with Crippen molar-refractivity contribution < 1.29 is 14.8 Å². The molecule has 16 heavy (non-hydrogen) atoms. The van der Waals surface area contributed by atoms with Crippen molar-refractivity contribution in [3.05, 3.63) is 0 Å². The van der Waals surface area contributed by atoms with Crippen molar-refractivity contribution in [3.8, 4) is 0 Å². The number of carbonyl (C=O) groups excluding carboxylic acids is 2. The molecule has 1 aliphatic carbocycles. The quantitative estimate of drug-likeness (QED) is 0.210. The van der Waals surface area contributed by atoms with Gasteiger partial charge in [0.15, 0.2) is 5.84 Å². The van der Waals surface area contributed by atoms with Crippen molar-refractivity contribution in [3.63, 3.8) is 0 Å². The van der Waals surface area contributed by atoms with E-state index in [4.69, 9.17) is 16.7 Å². The van der Waals surface area contributed by atoms with Crippen molar-refractivity contribution >= 4 is 17.6 Å². The van der Waals surface area contributed by atoms with Crippen molar-refractivity contribution in [1.82, 2.24) is 5.32 Å². The smallest absolute Gasteiger partial charge is 0.242 e. The average Bonchev–Trinajstić information content (AvgIpc) is 2.96. The Morgan fingerprint density at radius 3 is 2.19 bits per heavy atom. The summed E-state index contributed by atoms with van der Waals surface area (Å²) in [5, 5.41) is 13.9. The fourth-order valence-electron chi connectivity index (χ4n) is 1.29. The number of nitrogens with one attached hydrogen (secondary N) is 1. The predicted molar refractivity (Wildman–Crippen MR) is 56.5 cm³/mol. The van der Waals surface area contributed by atoms with E-state index in [1.807, 2.05) is 0 Å². The van der Waals surface area contributed by atoms with E-state index in [1.165, 1.54) is 13.8 Å². The van der Waals surface area contributed by atoms with Gasteiger partial charge in [0, 0.05) is 0 Å². The largest absolute Gasteiger partial charge is 0.409 e. The van der Waals surface area contributed by atoms with Crippen LogP contribution >= 0.6 is 0 Å². The highest BCUT2D eigenvalue weighted by Crippen LogP contribution is 2.46. The molecular weight excluding hydrogens is 212 g/mol. The number of oxime groups is 1. The fraction of sp³-hybridized carbons (Fsp3) is 0.667. The second-order valence-corrected chi connectivity index (χ2v) is 4.51. The first kappa shape index (κ1) is 12.3. The monoisotopic (exact) mass is 228 g/mol. The first-order valence-corrected chi connectivity index (χ1v) is 4.87. The maximum Gasteiger partial charge on any atom is 0.242 e. The average molecular weight is 228 g/mol. The van der Waals surface area contributed by atoms with Crippen LogP contribution < -0.4 is 16.8 Å². The summed E-state index contributed by atoms with van der Waals surface area (Å²) in [5.74, 6) is -1.21. The Morgan fingerprint density at radius 1 is 1.38 bits per heavy atom. The fourth-order valence-corrected chi connectivity index (χ4v) is 1.29. The van der Waals surface area contributed by atoms with E-state index in [1.54, 1.807) is 0 Å². The molecule has 7 heteroatoms. The van der Waals surface area contributed by atoms with Crippen LogP contribution in [0.3, 0.4) is 0 Å². The van der Waals surface area contributed by atoms with Crippen LogP contribution in [0.2, 0.25) is 0 Å². The maximum atomic E-state index is 11.9. The van der Waals surface area contributed by atoms with Crippen LogP contribution in [0.25, 0.3) is 0 Å². The Kier molecular flexibility index (Phi) is 2.81. The van der Waals surface area contributed by atoms with Gasteiger partial charge in [0.25, 0.3) is 0 Å². The standard InChI is InChI=1S/C9H16N4O3/c1-8(2,6(11)14)12-7(15)9(3-4-9)5(10)13-16/h16H,3-4H2,1-2H3,(H2,10,13)(H2,11,14)(H,12,15). The van der Waals surface area contributed by atoms with Gasteiger partial charge in [0.05, 0.1) is 0 Å². The van der Waals surface area contributed by atoms with Gasteiger partial charge < -0.3 is 22.0 Å². The van der Waals surface area contributed by atoms with Crippen LogP contribution in [-0.2, 0) is 9.59 Å². The molecule has 7 nitrogen and oxygen atoms in total. The van der Waals surface area contributed by atoms with E-state index >= 15 is 0 Å². The molecule has 1 rings (SSSR count). The second-order valence-electron chi connectivity index (χ2n) is 4.51. The summed E-state index contributed by atoms with van der Waals surface area (Å²) < 4.78 is 0. The van der Waals surface area contributed by atoms with Gasteiger partial charge in [-0.1, -0.05) is 5.16 Å². The SMILES string of the molecule is CC(C)(NC(=O)C1(C(N)=NO)CC1)C(N)=O. The zero-order valence-electron chi connectivity index (χ0n) is 9.28. The van der Waals surface area contributed by atoms with Gasteiger partial charge in [-0.3, -0.25) is 9.59 Å². The van der Waals surface area contributed by atoms with E-state index in [2.05, 4.69) is 10.5 Å². The Labute approximate surface area is 92.8 Å². The minimum absolute atomic E-state index is 0.134. The third-order valence-electron chi connectivity index (χ3n) is 2.82. The molecule has 1 saturated carbocycles. The lowest BCUT2D eigenvalue weighted by molar-refractivity contribution is -0.132. The van der Waals surface area contributed by atoms with E-state index in [0.29, 0.717) is 12.8 Å². The molecule has 0 aliphatic heterocycles. The first-order chi connectivity index (χ1) is 7.26. The molecule has 0 aromatic heterocycles. The molecule has 1 fully saturated rings.